The van der Waals surface area contributed by atoms with Gasteiger partial charge >= 0.3 is 0 Å². The van der Waals surface area contributed by atoms with Gasteiger partial charge in [0.15, 0.2) is 0 Å². The molecule has 1 aliphatic heterocycles. The van der Waals surface area contributed by atoms with E-state index >= 15 is 0 Å². The molecule has 2 unspecified atom stereocenters. The van der Waals surface area contributed by atoms with Crippen molar-refractivity contribution in [2.75, 3.05) is 19.7 Å². The average molecular weight is 189 g/mol. The van der Waals surface area contributed by atoms with Crippen molar-refractivity contribution in [1.29, 1.82) is 0 Å². The smallest absolute Gasteiger partial charge is 0.0594 e. The Morgan fingerprint density at radius 2 is 1.62 bits per heavy atom. The minimum Gasteiger partial charge on any atom is -0.377 e. The van der Waals surface area contributed by atoms with E-state index < -0.39 is 0 Å². The largest absolute Gasteiger partial charge is 0.377 e. The van der Waals surface area contributed by atoms with Gasteiger partial charge in [0, 0.05) is 13.1 Å². The average Bonchev–Trinajstić information content (AvgIpc) is 2.39. The normalized spacial score (nSPS) is 27.2. The molecular formula is C11H27NO. The van der Waals surface area contributed by atoms with Crippen LogP contribution in [0, 0.1) is 5.92 Å². The van der Waals surface area contributed by atoms with E-state index in [0.717, 1.165) is 19.7 Å². The summed E-state index contributed by atoms with van der Waals surface area (Å²) < 4.78 is 5.45. The van der Waals surface area contributed by atoms with Crippen molar-refractivity contribution in [2.45, 2.75) is 47.6 Å². The molecule has 82 valence electrons. The maximum atomic E-state index is 5.45. The van der Waals surface area contributed by atoms with Gasteiger partial charge in [-0.05, 0) is 12.8 Å². The second-order valence-electron chi connectivity index (χ2n) is 2.76. The maximum Gasteiger partial charge on any atom is 0.0594 e. The summed E-state index contributed by atoms with van der Waals surface area (Å²) in [6, 6.07) is 0. The predicted octanol–water partition coefficient (Wildman–Crippen LogP) is 2.68. The Balaban J connectivity index is 0. The van der Waals surface area contributed by atoms with Crippen molar-refractivity contribution in [3.05, 3.63) is 0 Å². The van der Waals surface area contributed by atoms with Gasteiger partial charge < -0.3 is 10.1 Å². The van der Waals surface area contributed by atoms with E-state index in [4.69, 9.17) is 4.74 Å². The summed E-state index contributed by atoms with van der Waals surface area (Å²) in [7, 11) is 0. The van der Waals surface area contributed by atoms with E-state index in [-0.39, 0.29) is 0 Å². The van der Waals surface area contributed by atoms with E-state index in [2.05, 4.69) is 19.2 Å². The highest BCUT2D eigenvalue weighted by Crippen LogP contribution is 2.06. The van der Waals surface area contributed by atoms with Crippen molar-refractivity contribution >= 4 is 0 Å². The Morgan fingerprint density at radius 3 is 2.15 bits per heavy atom. The molecule has 0 aromatic carbocycles. The first-order chi connectivity index (χ1) is 6.30. The number of ether oxygens (including phenoxy) is 1. The maximum absolute atomic E-state index is 5.45. The standard InChI is InChI=1S/C7H15NO.2C2H6/c1-6-5-8-3-4-9-7(6)2;2*1-2/h6-8H,3-5H2,1-2H3;2*1-2H3. The van der Waals surface area contributed by atoms with E-state index in [1.165, 1.54) is 0 Å². The highest BCUT2D eigenvalue weighted by Gasteiger charge is 2.14. The third-order valence-electron chi connectivity index (χ3n) is 1.93. The van der Waals surface area contributed by atoms with Crippen LogP contribution in [0.1, 0.15) is 41.5 Å². The number of rotatable bonds is 0. The Labute approximate surface area is 84.1 Å². The van der Waals surface area contributed by atoms with Crippen LogP contribution < -0.4 is 5.32 Å². The summed E-state index contributed by atoms with van der Waals surface area (Å²) >= 11 is 0. The summed E-state index contributed by atoms with van der Waals surface area (Å²) in [5.41, 5.74) is 0. The second-order valence-corrected chi connectivity index (χ2v) is 2.76. The molecule has 0 radical (unpaired) electrons. The van der Waals surface area contributed by atoms with Crippen molar-refractivity contribution < 1.29 is 4.74 Å². The van der Waals surface area contributed by atoms with Crippen molar-refractivity contribution in [1.82, 2.24) is 5.32 Å². The van der Waals surface area contributed by atoms with E-state index in [1.807, 2.05) is 27.7 Å². The van der Waals surface area contributed by atoms with Crippen LogP contribution in [-0.4, -0.2) is 25.8 Å². The lowest BCUT2D eigenvalue weighted by Gasteiger charge is -2.14. The molecule has 0 aromatic heterocycles. The number of nitrogens with one attached hydrogen (secondary N) is 1. The number of hydrogen-bond acceptors (Lipinski definition) is 2. The monoisotopic (exact) mass is 189 g/mol. The predicted molar refractivity (Wildman–Crippen MR) is 60.1 cm³/mol. The molecular weight excluding hydrogens is 162 g/mol. The summed E-state index contributed by atoms with van der Waals surface area (Å²) in [6.45, 7) is 15.3. The van der Waals surface area contributed by atoms with Crippen molar-refractivity contribution in [2.24, 2.45) is 5.92 Å². The molecule has 0 bridgehead atoms. The van der Waals surface area contributed by atoms with Gasteiger partial charge in [-0.25, -0.2) is 0 Å². The highest BCUT2D eigenvalue weighted by molar-refractivity contribution is 4.67. The van der Waals surface area contributed by atoms with Gasteiger partial charge in [-0.2, -0.15) is 0 Å². The fourth-order valence-corrected chi connectivity index (χ4v) is 0.977. The minimum atomic E-state index is 0.431. The van der Waals surface area contributed by atoms with Crippen LogP contribution in [-0.2, 0) is 4.74 Å². The molecule has 2 atom stereocenters. The van der Waals surface area contributed by atoms with Crippen molar-refractivity contribution in [3.8, 4) is 0 Å². The molecule has 0 aromatic rings. The lowest BCUT2D eigenvalue weighted by molar-refractivity contribution is 0.0510. The van der Waals surface area contributed by atoms with Crippen LogP contribution in [0.5, 0.6) is 0 Å². The summed E-state index contributed by atoms with van der Waals surface area (Å²) in [5.74, 6) is 0.660. The van der Waals surface area contributed by atoms with Gasteiger partial charge in [0.05, 0.1) is 12.7 Å². The van der Waals surface area contributed by atoms with E-state index in [9.17, 15) is 0 Å². The Bertz CT molecular complexity index is 76.2. The Morgan fingerprint density at radius 1 is 1.08 bits per heavy atom. The van der Waals surface area contributed by atoms with Crippen LogP contribution >= 0.6 is 0 Å². The SMILES string of the molecule is CC.CC.CC1CNCCOC1C. The molecule has 0 aliphatic carbocycles. The third kappa shape index (κ3) is 8.26. The van der Waals surface area contributed by atoms with Crippen LogP contribution in [0.4, 0.5) is 0 Å². The zero-order chi connectivity index (χ0) is 10.7. The zero-order valence-electron chi connectivity index (χ0n) is 10.2. The molecule has 0 saturated carbocycles. The molecule has 1 N–H and O–H groups in total. The molecule has 1 fully saturated rings. The van der Waals surface area contributed by atoms with Gasteiger partial charge in [0.1, 0.15) is 0 Å². The van der Waals surface area contributed by atoms with E-state index in [0.29, 0.717) is 12.0 Å². The van der Waals surface area contributed by atoms with E-state index in [1.54, 1.807) is 0 Å². The molecule has 13 heavy (non-hydrogen) atoms. The fraction of sp³-hybridized carbons (Fsp3) is 1.00. The fourth-order valence-electron chi connectivity index (χ4n) is 0.977. The minimum absolute atomic E-state index is 0.431. The third-order valence-corrected chi connectivity index (χ3v) is 1.93. The topological polar surface area (TPSA) is 21.3 Å². The highest BCUT2D eigenvalue weighted by atomic mass is 16.5. The molecule has 1 aliphatic rings. The van der Waals surface area contributed by atoms with Crippen LogP contribution in [0.25, 0.3) is 0 Å². The first-order valence-corrected chi connectivity index (χ1v) is 5.63. The van der Waals surface area contributed by atoms with Crippen LogP contribution in [0.3, 0.4) is 0 Å². The summed E-state index contributed by atoms with van der Waals surface area (Å²) in [5, 5.41) is 3.30. The number of hydrogen-bond donors (Lipinski definition) is 1. The lowest BCUT2D eigenvalue weighted by Crippen LogP contribution is -2.23. The van der Waals surface area contributed by atoms with Gasteiger partial charge in [0.25, 0.3) is 0 Å². The molecule has 2 nitrogen and oxygen atoms in total. The molecule has 0 amide bonds. The first kappa shape index (κ1) is 15.4. The van der Waals surface area contributed by atoms with Crippen molar-refractivity contribution in [3.63, 3.8) is 0 Å². The van der Waals surface area contributed by atoms with Crippen LogP contribution in [0.15, 0.2) is 0 Å². The van der Waals surface area contributed by atoms with Gasteiger partial charge in [0.2, 0.25) is 0 Å². The second kappa shape index (κ2) is 11.9. The van der Waals surface area contributed by atoms with Gasteiger partial charge in [-0.3, -0.25) is 0 Å². The molecule has 1 rings (SSSR count). The zero-order valence-corrected chi connectivity index (χ0v) is 10.2. The quantitative estimate of drug-likeness (QED) is 0.632. The van der Waals surface area contributed by atoms with Crippen LogP contribution in [0.2, 0.25) is 0 Å². The Hall–Kier alpha value is -0.0800. The lowest BCUT2D eigenvalue weighted by atomic mass is 10.1. The molecule has 1 heterocycles. The molecule has 0 spiro atoms. The summed E-state index contributed by atoms with van der Waals surface area (Å²) in [4.78, 5) is 0. The Kier molecular flexibility index (Phi) is 14.1. The first-order valence-electron chi connectivity index (χ1n) is 5.63. The van der Waals surface area contributed by atoms with Gasteiger partial charge in [-0.15, -0.1) is 0 Å². The summed E-state index contributed by atoms with van der Waals surface area (Å²) in [6.07, 6.45) is 0.431. The molecule has 2 heteroatoms. The molecule has 1 saturated heterocycles. The van der Waals surface area contributed by atoms with Gasteiger partial charge in [-0.1, -0.05) is 34.6 Å².